The van der Waals surface area contributed by atoms with E-state index >= 15 is 0 Å². The largest absolute Gasteiger partial charge is 0.309 e. The van der Waals surface area contributed by atoms with Crippen molar-refractivity contribution in [2.24, 2.45) is 0 Å². The minimum atomic E-state index is 0.831. The van der Waals surface area contributed by atoms with Crippen LogP contribution in [0.4, 0.5) is 0 Å². The minimum Gasteiger partial charge on any atom is -0.309 e. The molecule has 0 saturated carbocycles. The fourth-order valence-electron chi connectivity index (χ4n) is 9.36. The van der Waals surface area contributed by atoms with E-state index in [1.165, 1.54) is 38.1 Å². The van der Waals surface area contributed by atoms with Crippen molar-refractivity contribution in [2.75, 3.05) is 0 Å². The molecule has 4 heteroatoms. The van der Waals surface area contributed by atoms with Crippen LogP contribution in [-0.2, 0) is 0 Å². The fraction of sp³-hybridized carbons (Fsp3) is 0. The topological polar surface area (TPSA) is 43.6 Å². The molecule has 0 bridgehead atoms. The molecule has 0 fully saturated rings. The van der Waals surface area contributed by atoms with E-state index in [-0.39, 0.29) is 0 Å². The summed E-state index contributed by atoms with van der Waals surface area (Å²) in [4.78, 5) is 14.7. The molecule has 0 saturated heterocycles. The second-order valence-corrected chi connectivity index (χ2v) is 15.6. The van der Waals surface area contributed by atoms with Crippen molar-refractivity contribution < 1.29 is 0 Å². The molecule has 0 aliphatic carbocycles. The van der Waals surface area contributed by atoms with E-state index in [9.17, 15) is 0 Å². The van der Waals surface area contributed by atoms with Crippen LogP contribution in [0.3, 0.4) is 0 Å². The zero-order valence-electron chi connectivity index (χ0n) is 33.1. The van der Waals surface area contributed by atoms with Gasteiger partial charge < -0.3 is 4.57 Å². The first-order valence-corrected chi connectivity index (χ1v) is 20.7. The minimum absolute atomic E-state index is 0.831. The van der Waals surface area contributed by atoms with E-state index in [2.05, 4.69) is 192 Å². The smallest absolute Gasteiger partial charge is 0.0899 e. The van der Waals surface area contributed by atoms with Crippen LogP contribution in [0.5, 0.6) is 0 Å². The van der Waals surface area contributed by atoms with Gasteiger partial charge in [0.05, 0.1) is 28.1 Å². The lowest BCUT2D eigenvalue weighted by Gasteiger charge is -2.19. The molecule has 4 aromatic heterocycles. The number of pyridine rings is 3. The summed E-state index contributed by atoms with van der Waals surface area (Å²) < 4.78 is 2.32. The van der Waals surface area contributed by atoms with Gasteiger partial charge in [0.15, 0.2) is 0 Å². The molecule has 0 unspecified atom stereocenters. The van der Waals surface area contributed by atoms with E-state index in [1.54, 1.807) is 0 Å². The van der Waals surface area contributed by atoms with E-state index in [1.807, 2.05) is 36.8 Å². The number of aromatic nitrogens is 4. The van der Waals surface area contributed by atoms with E-state index in [4.69, 9.17) is 9.97 Å². The van der Waals surface area contributed by atoms with Gasteiger partial charge in [-0.05, 0) is 120 Å². The van der Waals surface area contributed by atoms with Crippen LogP contribution >= 0.6 is 0 Å². The molecular formula is C57H36N4. The monoisotopic (exact) mass is 776 g/mol. The van der Waals surface area contributed by atoms with Gasteiger partial charge in [-0.25, -0.2) is 4.98 Å². The predicted octanol–water partition coefficient (Wildman–Crippen LogP) is 14.8. The zero-order valence-corrected chi connectivity index (χ0v) is 33.1. The van der Waals surface area contributed by atoms with Gasteiger partial charge in [-0.3, -0.25) is 9.97 Å². The molecule has 8 aromatic carbocycles. The van der Waals surface area contributed by atoms with Crippen LogP contribution in [-0.4, -0.2) is 19.5 Å². The molecule has 0 aliphatic heterocycles. The van der Waals surface area contributed by atoms with Crippen LogP contribution < -0.4 is 0 Å². The summed E-state index contributed by atoms with van der Waals surface area (Å²) in [6.45, 7) is 0. The molecule has 4 nitrogen and oxygen atoms in total. The van der Waals surface area contributed by atoms with Crippen LogP contribution in [0, 0.1) is 0 Å². The third kappa shape index (κ3) is 5.80. The van der Waals surface area contributed by atoms with E-state index in [0.29, 0.717) is 0 Å². The van der Waals surface area contributed by atoms with Crippen molar-refractivity contribution >= 4 is 54.1 Å². The third-order valence-electron chi connectivity index (χ3n) is 12.1. The van der Waals surface area contributed by atoms with Gasteiger partial charge in [0.25, 0.3) is 0 Å². The first-order valence-electron chi connectivity index (χ1n) is 20.7. The zero-order chi connectivity index (χ0) is 40.3. The lowest BCUT2D eigenvalue weighted by atomic mass is 9.85. The summed E-state index contributed by atoms with van der Waals surface area (Å²) in [5, 5.41) is 9.50. The molecule has 0 amide bonds. The molecule has 0 aliphatic rings. The Kier molecular flexibility index (Phi) is 8.13. The second-order valence-electron chi connectivity index (χ2n) is 15.6. The molecule has 61 heavy (non-hydrogen) atoms. The quantitative estimate of drug-likeness (QED) is 0.158. The highest BCUT2D eigenvalue weighted by molar-refractivity contribution is 6.23. The average Bonchev–Trinajstić information content (AvgIpc) is 3.67. The van der Waals surface area contributed by atoms with Crippen molar-refractivity contribution in [3.05, 3.63) is 219 Å². The van der Waals surface area contributed by atoms with Crippen LogP contribution in [0.15, 0.2) is 219 Å². The summed E-state index contributed by atoms with van der Waals surface area (Å²) in [6, 6.07) is 71.7. The lowest BCUT2D eigenvalue weighted by Crippen LogP contribution is -1.96. The predicted molar refractivity (Wildman–Crippen MR) is 254 cm³/mol. The highest BCUT2D eigenvalue weighted by atomic mass is 15.0. The molecule has 0 N–H and O–H groups in total. The second kappa shape index (κ2) is 14.3. The molecule has 284 valence electrons. The van der Waals surface area contributed by atoms with Gasteiger partial charge in [0.2, 0.25) is 0 Å². The number of para-hydroxylation sites is 1. The summed E-state index contributed by atoms with van der Waals surface area (Å²) in [6.07, 6.45) is 5.69. The van der Waals surface area contributed by atoms with Crippen molar-refractivity contribution in [1.82, 2.24) is 19.5 Å². The Morgan fingerprint density at radius 3 is 1.69 bits per heavy atom. The van der Waals surface area contributed by atoms with Crippen LogP contribution in [0.2, 0.25) is 0 Å². The Morgan fingerprint density at radius 2 is 0.951 bits per heavy atom. The first kappa shape index (κ1) is 34.8. The number of hydrogen-bond acceptors (Lipinski definition) is 3. The number of benzene rings is 8. The lowest BCUT2D eigenvalue weighted by molar-refractivity contribution is 1.17. The van der Waals surface area contributed by atoms with Crippen molar-refractivity contribution in [3.63, 3.8) is 0 Å². The SMILES string of the molecule is c1ccc(-n2c3ccncc3c3cc(-c4ccc(-c5cc(-c6ccccn6)nc(-c6c7ccccc7c(-c7cccc8ccccc78)c7ccccc67)c5)cc4)ccc32)cc1. The van der Waals surface area contributed by atoms with Gasteiger partial charge in [-0.15, -0.1) is 0 Å². The maximum atomic E-state index is 5.43. The number of nitrogens with zero attached hydrogens (tertiary/aromatic N) is 4. The molecule has 12 aromatic rings. The third-order valence-corrected chi connectivity index (χ3v) is 12.1. The summed E-state index contributed by atoms with van der Waals surface area (Å²) in [5.74, 6) is 0. The first-order chi connectivity index (χ1) is 30.3. The maximum Gasteiger partial charge on any atom is 0.0899 e. The summed E-state index contributed by atoms with van der Waals surface area (Å²) in [5.41, 5.74) is 14.1. The van der Waals surface area contributed by atoms with E-state index < -0.39 is 0 Å². The number of rotatable bonds is 6. The Bertz CT molecular complexity index is 3570. The average molecular weight is 777 g/mol. The molecule has 4 heterocycles. The Labute approximate surface area is 352 Å². The summed E-state index contributed by atoms with van der Waals surface area (Å²) in [7, 11) is 0. The Hall–Kier alpha value is -8.21. The van der Waals surface area contributed by atoms with Gasteiger partial charge in [-0.2, -0.15) is 0 Å². The molecule has 0 radical (unpaired) electrons. The van der Waals surface area contributed by atoms with Gasteiger partial charge >= 0.3 is 0 Å². The fourth-order valence-corrected chi connectivity index (χ4v) is 9.36. The standard InChI is InChI=1S/C57H36N4/c1-2-15-42(16-3-1)61-54-29-28-40(33-49(54)50-36-58-32-30-55(50)61)37-24-26-38(27-25-37)41-34-52(51-23-10-11-31-59-51)60-53(35-41)57-47-20-8-6-18-45(47)56(46-19-7-9-21-48(46)57)44-22-12-14-39-13-4-5-17-43(39)44/h1-36H. The van der Waals surface area contributed by atoms with Gasteiger partial charge in [-0.1, -0.05) is 146 Å². The Balaban J connectivity index is 1.02. The highest BCUT2D eigenvalue weighted by Crippen LogP contribution is 2.46. The Morgan fingerprint density at radius 1 is 0.344 bits per heavy atom. The van der Waals surface area contributed by atoms with Crippen LogP contribution in [0.25, 0.3) is 116 Å². The summed E-state index contributed by atoms with van der Waals surface area (Å²) >= 11 is 0. The van der Waals surface area contributed by atoms with E-state index in [0.717, 1.165) is 77.8 Å². The maximum absolute atomic E-state index is 5.43. The molecule has 0 spiro atoms. The van der Waals surface area contributed by atoms with Gasteiger partial charge in [0, 0.05) is 40.6 Å². The van der Waals surface area contributed by atoms with Crippen LogP contribution in [0.1, 0.15) is 0 Å². The number of fused-ring (bicyclic) bond motifs is 6. The molecular weight excluding hydrogens is 741 g/mol. The number of hydrogen-bond donors (Lipinski definition) is 0. The van der Waals surface area contributed by atoms with Crippen molar-refractivity contribution in [3.8, 4) is 61.7 Å². The van der Waals surface area contributed by atoms with Crippen molar-refractivity contribution in [2.45, 2.75) is 0 Å². The van der Waals surface area contributed by atoms with Crippen molar-refractivity contribution in [1.29, 1.82) is 0 Å². The molecule has 12 rings (SSSR count). The normalized spacial score (nSPS) is 11.6. The highest BCUT2D eigenvalue weighted by Gasteiger charge is 2.20. The van der Waals surface area contributed by atoms with Gasteiger partial charge in [0.1, 0.15) is 0 Å². The molecule has 0 atom stereocenters.